The van der Waals surface area contributed by atoms with Crippen molar-refractivity contribution in [3.05, 3.63) is 100.0 Å². The van der Waals surface area contributed by atoms with Crippen molar-refractivity contribution in [1.29, 1.82) is 0 Å². The van der Waals surface area contributed by atoms with Gasteiger partial charge < -0.3 is 15.1 Å². The van der Waals surface area contributed by atoms with E-state index in [2.05, 4.69) is 5.43 Å². The van der Waals surface area contributed by atoms with Gasteiger partial charge in [-0.2, -0.15) is 0 Å². The molecule has 0 unspecified atom stereocenters. The van der Waals surface area contributed by atoms with Gasteiger partial charge in [0.2, 0.25) is 5.43 Å². The van der Waals surface area contributed by atoms with E-state index in [1.807, 2.05) is 60.7 Å². The second-order valence-corrected chi connectivity index (χ2v) is 6.31. The maximum atomic E-state index is 13.1. The Labute approximate surface area is 156 Å². The van der Waals surface area contributed by atoms with Crippen LogP contribution >= 0.6 is 0 Å². The summed E-state index contributed by atoms with van der Waals surface area (Å²) in [5.74, 6) is -0.171. The Balaban J connectivity index is 1.61. The highest BCUT2D eigenvalue weighted by Crippen LogP contribution is 2.20. The lowest BCUT2D eigenvalue weighted by Crippen LogP contribution is -2.46. The smallest absolute Gasteiger partial charge is 0.278 e. The Hall–Kier alpha value is -3.54. The van der Waals surface area contributed by atoms with Crippen LogP contribution < -0.4 is 15.6 Å². The van der Waals surface area contributed by atoms with Crippen LogP contribution in [0.25, 0.3) is 0 Å². The monoisotopic (exact) mass is 361 g/mol. The van der Waals surface area contributed by atoms with Gasteiger partial charge in [-0.15, -0.1) is 0 Å². The molecule has 136 valence electrons. The third-order valence-corrected chi connectivity index (χ3v) is 4.42. The maximum Gasteiger partial charge on any atom is 0.278 e. The summed E-state index contributed by atoms with van der Waals surface area (Å²) in [5.41, 5.74) is 4.99. The number of fused-ring (bicyclic) bond motifs is 1. The van der Waals surface area contributed by atoms with E-state index in [9.17, 15) is 9.59 Å². The average Bonchev–Trinajstić information content (AvgIpc) is 2.71. The SMILES string of the molecule is O=C1c2c(OCc3ccccc3)c(=O)ccn2NCN1Cc1ccccc1. The lowest BCUT2D eigenvalue weighted by Gasteiger charge is -2.31. The number of aromatic nitrogens is 1. The molecule has 4 rings (SSSR count). The molecule has 1 aromatic heterocycles. The second kappa shape index (κ2) is 7.37. The van der Waals surface area contributed by atoms with Crippen molar-refractivity contribution in [3.63, 3.8) is 0 Å². The average molecular weight is 361 g/mol. The molecule has 0 saturated heterocycles. The summed E-state index contributed by atoms with van der Waals surface area (Å²) in [6.07, 6.45) is 1.56. The van der Waals surface area contributed by atoms with Gasteiger partial charge in [0, 0.05) is 18.8 Å². The van der Waals surface area contributed by atoms with Gasteiger partial charge in [0.25, 0.3) is 5.91 Å². The minimum absolute atomic E-state index is 0.0663. The molecular weight excluding hydrogens is 342 g/mol. The topological polar surface area (TPSA) is 63.6 Å². The zero-order valence-electron chi connectivity index (χ0n) is 14.7. The van der Waals surface area contributed by atoms with Crippen LogP contribution in [0.2, 0.25) is 0 Å². The third kappa shape index (κ3) is 3.55. The highest BCUT2D eigenvalue weighted by atomic mass is 16.5. The molecule has 0 spiro atoms. The van der Waals surface area contributed by atoms with Crippen LogP contribution in [0.3, 0.4) is 0 Å². The molecule has 2 aromatic carbocycles. The predicted molar refractivity (Wildman–Crippen MR) is 102 cm³/mol. The number of benzene rings is 2. The van der Waals surface area contributed by atoms with Crippen molar-refractivity contribution in [2.75, 3.05) is 12.1 Å². The lowest BCUT2D eigenvalue weighted by atomic mass is 10.2. The lowest BCUT2D eigenvalue weighted by molar-refractivity contribution is 0.0706. The van der Waals surface area contributed by atoms with E-state index in [0.29, 0.717) is 13.2 Å². The number of nitrogens with zero attached hydrogens (tertiary/aromatic N) is 2. The first-order valence-electron chi connectivity index (χ1n) is 8.72. The summed E-state index contributed by atoms with van der Waals surface area (Å²) in [6.45, 7) is 1.02. The molecule has 2 heterocycles. The number of hydrogen-bond acceptors (Lipinski definition) is 4. The minimum atomic E-state index is -0.311. The van der Waals surface area contributed by atoms with Crippen LogP contribution in [0, 0.1) is 0 Å². The molecule has 0 atom stereocenters. The summed E-state index contributed by atoms with van der Waals surface area (Å²) in [7, 11) is 0. The molecule has 6 heteroatoms. The van der Waals surface area contributed by atoms with E-state index in [-0.39, 0.29) is 29.4 Å². The Bertz CT molecular complexity index is 1000. The number of hydrogen-bond donors (Lipinski definition) is 1. The molecule has 1 amide bonds. The predicted octanol–water partition coefficient (Wildman–Crippen LogP) is 2.58. The Morgan fingerprint density at radius 2 is 1.56 bits per heavy atom. The van der Waals surface area contributed by atoms with Crippen molar-refractivity contribution < 1.29 is 9.53 Å². The van der Waals surface area contributed by atoms with Gasteiger partial charge in [-0.3, -0.25) is 14.3 Å². The summed E-state index contributed by atoms with van der Waals surface area (Å²) >= 11 is 0. The Morgan fingerprint density at radius 1 is 0.889 bits per heavy atom. The van der Waals surface area contributed by atoms with E-state index < -0.39 is 0 Å². The van der Waals surface area contributed by atoms with Gasteiger partial charge in [-0.25, -0.2) is 0 Å². The molecule has 1 aliphatic rings. The molecule has 27 heavy (non-hydrogen) atoms. The summed E-state index contributed by atoms with van der Waals surface area (Å²) in [4.78, 5) is 27.1. The molecule has 0 radical (unpaired) electrons. The zero-order chi connectivity index (χ0) is 18.6. The number of nitrogens with one attached hydrogen (secondary N) is 1. The first-order chi connectivity index (χ1) is 13.2. The minimum Gasteiger partial charge on any atom is -0.482 e. The van der Waals surface area contributed by atoms with Gasteiger partial charge in [-0.1, -0.05) is 60.7 Å². The van der Waals surface area contributed by atoms with E-state index in [4.69, 9.17) is 4.74 Å². The van der Waals surface area contributed by atoms with E-state index in [1.165, 1.54) is 6.07 Å². The number of pyridine rings is 1. The molecule has 0 aliphatic carbocycles. The fourth-order valence-electron chi connectivity index (χ4n) is 3.03. The van der Waals surface area contributed by atoms with Crippen molar-refractivity contribution in [2.24, 2.45) is 0 Å². The molecule has 0 bridgehead atoms. The van der Waals surface area contributed by atoms with E-state index in [0.717, 1.165) is 11.1 Å². The number of ether oxygens (including phenoxy) is 1. The summed E-state index contributed by atoms with van der Waals surface area (Å²) in [6, 6.07) is 20.7. The summed E-state index contributed by atoms with van der Waals surface area (Å²) < 4.78 is 7.33. The number of amides is 1. The first kappa shape index (κ1) is 16.9. The van der Waals surface area contributed by atoms with Crippen molar-refractivity contribution >= 4 is 5.91 Å². The highest BCUT2D eigenvalue weighted by molar-refractivity contribution is 5.96. The number of carbonyl (C=O) groups excluding carboxylic acids is 1. The van der Waals surface area contributed by atoms with Gasteiger partial charge in [0.1, 0.15) is 13.3 Å². The molecule has 3 aromatic rings. The van der Waals surface area contributed by atoms with Crippen LogP contribution in [-0.2, 0) is 13.2 Å². The van der Waals surface area contributed by atoms with Crippen LogP contribution in [0.1, 0.15) is 21.6 Å². The molecule has 1 N–H and O–H groups in total. The van der Waals surface area contributed by atoms with Crippen LogP contribution in [0.4, 0.5) is 0 Å². The normalized spacial score (nSPS) is 13.0. The van der Waals surface area contributed by atoms with Crippen molar-refractivity contribution in [1.82, 2.24) is 9.58 Å². The largest absolute Gasteiger partial charge is 0.482 e. The summed E-state index contributed by atoms with van der Waals surface area (Å²) in [5, 5.41) is 0. The quantitative estimate of drug-likeness (QED) is 0.759. The second-order valence-electron chi connectivity index (χ2n) is 6.31. The van der Waals surface area contributed by atoms with E-state index >= 15 is 0 Å². The number of carbonyl (C=O) groups is 1. The number of rotatable bonds is 5. The van der Waals surface area contributed by atoms with Crippen molar-refractivity contribution in [2.45, 2.75) is 13.2 Å². The molecule has 0 fully saturated rings. The Kier molecular flexibility index (Phi) is 4.61. The van der Waals surface area contributed by atoms with E-state index in [1.54, 1.807) is 15.8 Å². The van der Waals surface area contributed by atoms with Gasteiger partial charge in [-0.05, 0) is 11.1 Å². The fraction of sp³-hybridized carbons (Fsp3) is 0.143. The van der Waals surface area contributed by atoms with Crippen LogP contribution in [0.15, 0.2) is 77.7 Å². The molecule has 0 saturated carbocycles. The zero-order valence-corrected chi connectivity index (χ0v) is 14.7. The first-order valence-corrected chi connectivity index (χ1v) is 8.72. The molecular formula is C21H19N3O3. The van der Waals surface area contributed by atoms with Crippen molar-refractivity contribution in [3.8, 4) is 5.75 Å². The molecule has 6 nitrogen and oxygen atoms in total. The van der Waals surface area contributed by atoms with Gasteiger partial charge in [0.15, 0.2) is 11.4 Å². The third-order valence-electron chi connectivity index (χ3n) is 4.42. The van der Waals surface area contributed by atoms with Gasteiger partial charge in [0.05, 0.1) is 0 Å². The highest BCUT2D eigenvalue weighted by Gasteiger charge is 2.29. The fourth-order valence-corrected chi connectivity index (χ4v) is 3.03. The van der Waals surface area contributed by atoms with Gasteiger partial charge >= 0.3 is 0 Å². The Morgan fingerprint density at radius 3 is 2.26 bits per heavy atom. The standard InChI is InChI=1S/C21H19N3O3/c25-18-11-12-24-19(20(18)27-14-17-9-5-2-6-10-17)21(26)23(15-22-24)13-16-7-3-1-4-8-16/h1-12,22H,13-15H2. The van der Waals surface area contributed by atoms with Crippen LogP contribution in [-0.4, -0.2) is 22.2 Å². The molecule has 1 aliphatic heterocycles. The van der Waals surface area contributed by atoms with Crippen LogP contribution in [0.5, 0.6) is 5.75 Å². The maximum absolute atomic E-state index is 13.1.